The van der Waals surface area contributed by atoms with Gasteiger partial charge in [0.15, 0.2) is 0 Å². The van der Waals surface area contributed by atoms with Crippen LogP contribution in [-0.4, -0.2) is 34.1 Å². The molecule has 1 aromatic heterocycles. The van der Waals surface area contributed by atoms with Crippen molar-refractivity contribution >= 4 is 6.09 Å². The fraction of sp³-hybridized carbons (Fsp3) is 0.667. The summed E-state index contributed by atoms with van der Waals surface area (Å²) in [6.07, 6.45) is 7.21. The number of hydrogen-bond donors (Lipinski definition) is 1. The minimum atomic E-state index is -0.211. The number of ether oxygens (including phenoxy) is 1. The predicted octanol–water partition coefficient (Wildman–Crippen LogP) is 2.48. The average Bonchev–Trinajstić information content (AvgIpc) is 2.99. The summed E-state index contributed by atoms with van der Waals surface area (Å²) in [7, 11) is 0. The molecular weight excluding hydrogens is 218 g/mol. The lowest BCUT2D eigenvalue weighted by atomic mass is 10.2. The summed E-state index contributed by atoms with van der Waals surface area (Å²) in [6, 6.07) is 0.0547. The highest BCUT2D eigenvalue weighted by molar-refractivity contribution is 5.68. The molecule has 2 heterocycles. The minimum Gasteiger partial charge on any atom is -0.449 e. The largest absolute Gasteiger partial charge is 0.449 e. The van der Waals surface area contributed by atoms with E-state index in [0.717, 1.165) is 38.1 Å². The van der Waals surface area contributed by atoms with Crippen molar-refractivity contribution in [2.75, 3.05) is 13.2 Å². The first-order valence-electron chi connectivity index (χ1n) is 6.25. The van der Waals surface area contributed by atoms with E-state index in [1.807, 2.05) is 0 Å². The van der Waals surface area contributed by atoms with E-state index in [1.165, 1.54) is 0 Å². The minimum absolute atomic E-state index is 0.0547. The summed E-state index contributed by atoms with van der Waals surface area (Å²) < 4.78 is 5.24. The summed E-state index contributed by atoms with van der Waals surface area (Å²) in [5.41, 5.74) is 0. The van der Waals surface area contributed by atoms with Gasteiger partial charge in [0, 0.05) is 18.9 Å². The van der Waals surface area contributed by atoms with E-state index >= 15 is 0 Å². The van der Waals surface area contributed by atoms with Crippen molar-refractivity contribution < 1.29 is 9.53 Å². The van der Waals surface area contributed by atoms with Crippen LogP contribution in [0.3, 0.4) is 0 Å². The van der Waals surface area contributed by atoms with Gasteiger partial charge in [-0.1, -0.05) is 13.3 Å². The number of hydrogen-bond acceptors (Lipinski definition) is 3. The standard InChI is InChI=1S/C12H19N3O2/c1-2-3-9-17-12(16)15-8-4-5-10(15)11-13-6-7-14-11/h6-7,10H,2-5,8-9H2,1H3,(H,13,14). The maximum absolute atomic E-state index is 11.9. The Kier molecular flexibility index (Phi) is 4.01. The molecule has 5 nitrogen and oxygen atoms in total. The predicted molar refractivity (Wildman–Crippen MR) is 63.5 cm³/mol. The number of unbranched alkanes of at least 4 members (excludes halogenated alkanes) is 1. The Morgan fingerprint density at radius 2 is 2.59 bits per heavy atom. The molecule has 0 saturated carbocycles. The Morgan fingerprint density at radius 1 is 1.71 bits per heavy atom. The molecule has 5 heteroatoms. The van der Waals surface area contributed by atoms with Gasteiger partial charge in [0.05, 0.1) is 12.6 Å². The van der Waals surface area contributed by atoms with Crippen LogP contribution in [0.25, 0.3) is 0 Å². The molecule has 1 aromatic rings. The lowest BCUT2D eigenvalue weighted by Crippen LogP contribution is -2.31. The third kappa shape index (κ3) is 2.78. The zero-order valence-corrected chi connectivity index (χ0v) is 10.2. The van der Waals surface area contributed by atoms with Crippen LogP contribution in [0.1, 0.15) is 44.5 Å². The third-order valence-corrected chi connectivity index (χ3v) is 3.05. The fourth-order valence-corrected chi connectivity index (χ4v) is 2.12. The van der Waals surface area contributed by atoms with Gasteiger partial charge in [-0.05, 0) is 19.3 Å². The normalized spacial score (nSPS) is 19.6. The van der Waals surface area contributed by atoms with Crippen molar-refractivity contribution in [3.05, 3.63) is 18.2 Å². The third-order valence-electron chi connectivity index (χ3n) is 3.05. The van der Waals surface area contributed by atoms with Crippen molar-refractivity contribution in [3.63, 3.8) is 0 Å². The van der Waals surface area contributed by atoms with Crippen molar-refractivity contribution in [2.45, 2.75) is 38.6 Å². The van der Waals surface area contributed by atoms with Gasteiger partial charge < -0.3 is 9.72 Å². The zero-order valence-electron chi connectivity index (χ0n) is 10.2. The number of aromatic nitrogens is 2. The molecule has 1 saturated heterocycles. The summed E-state index contributed by atoms with van der Waals surface area (Å²) in [4.78, 5) is 21.0. The monoisotopic (exact) mass is 237 g/mol. The first-order valence-corrected chi connectivity index (χ1v) is 6.25. The molecule has 0 radical (unpaired) electrons. The summed E-state index contributed by atoms with van der Waals surface area (Å²) in [5.74, 6) is 0.856. The van der Waals surface area contributed by atoms with Gasteiger partial charge in [0.25, 0.3) is 0 Å². The number of carbonyl (C=O) groups is 1. The topological polar surface area (TPSA) is 58.2 Å². The molecule has 1 fully saturated rings. The molecule has 0 bridgehead atoms. The SMILES string of the molecule is CCCCOC(=O)N1CCCC1c1ncc[nH]1. The van der Waals surface area contributed by atoms with E-state index in [4.69, 9.17) is 4.74 Å². The summed E-state index contributed by atoms with van der Waals surface area (Å²) in [6.45, 7) is 3.35. The second kappa shape index (κ2) is 5.70. The van der Waals surface area contributed by atoms with Crippen LogP contribution in [-0.2, 0) is 4.74 Å². The number of nitrogens with zero attached hydrogens (tertiary/aromatic N) is 2. The second-order valence-electron chi connectivity index (χ2n) is 4.29. The quantitative estimate of drug-likeness (QED) is 0.818. The first-order chi connectivity index (χ1) is 8.33. The Bertz CT molecular complexity index is 351. The van der Waals surface area contributed by atoms with Crippen molar-refractivity contribution in [1.29, 1.82) is 0 Å². The number of imidazole rings is 1. The highest BCUT2D eigenvalue weighted by Crippen LogP contribution is 2.30. The molecule has 1 aliphatic heterocycles. The van der Waals surface area contributed by atoms with Crippen LogP contribution in [0.5, 0.6) is 0 Å². The molecular formula is C12H19N3O2. The fourth-order valence-electron chi connectivity index (χ4n) is 2.12. The molecule has 17 heavy (non-hydrogen) atoms. The smallest absolute Gasteiger partial charge is 0.410 e. The molecule has 1 amide bonds. The Hall–Kier alpha value is -1.52. The number of likely N-dealkylation sites (tertiary alicyclic amines) is 1. The molecule has 94 valence electrons. The Labute approximate surface area is 101 Å². The Balaban J connectivity index is 1.93. The van der Waals surface area contributed by atoms with E-state index < -0.39 is 0 Å². The molecule has 1 aliphatic rings. The van der Waals surface area contributed by atoms with Crippen LogP contribution in [0, 0.1) is 0 Å². The van der Waals surface area contributed by atoms with E-state index in [0.29, 0.717) is 6.61 Å². The molecule has 0 aromatic carbocycles. The van der Waals surface area contributed by atoms with Gasteiger partial charge in [0.1, 0.15) is 5.82 Å². The summed E-state index contributed by atoms with van der Waals surface area (Å²) in [5, 5.41) is 0. The number of carbonyl (C=O) groups excluding carboxylic acids is 1. The van der Waals surface area contributed by atoms with E-state index in [9.17, 15) is 4.79 Å². The van der Waals surface area contributed by atoms with Crippen molar-refractivity contribution in [3.8, 4) is 0 Å². The molecule has 1 atom stereocenters. The molecule has 0 spiro atoms. The van der Waals surface area contributed by atoms with Gasteiger partial charge in [0.2, 0.25) is 0 Å². The van der Waals surface area contributed by atoms with Crippen molar-refractivity contribution in [2.24, 2.45) is 0 Å². The van der Waals surface area contributed by atoms with Crippen LogP contribution < -0.4 is 0 Å². The number of aromatic amines is 1. The van der Waals surface area contributed by atoms with Crippen LogP contribution >= 0.6 is 0 Å². The van der Waals surface area contributed by atoms with Crippen LogP contribution in [0.4, 0.5) is 4.79 Å². The average molecular weight is 237 g/mol. The lowest BCUT2D eigenvalue weighted by Gasteiger charge is -2.22. The highest BCUT2D eigenvalue weighted by atomic mass is 16.6. The number of amides is 1. The van der Waals surface area contributed by atoms with Gasteiger partial charge in [-0.25, -0.2) is 9.78 Å². The van der Waals surface area contributed by atoms with Crippen molar-refractivity contribution in [1.82, 2.24) is 14.9 Å². The maximum Gasteiger partial charge on any atom is 0.410 e. The van der Waals surface area contributed by atoms with Crippen LogP contribution in [0.15, 0.2) is 12.4 Å². The molecule has 1 N–H and O–H groups in total. The van der Waals surface area contributed by atoms with Crippen LogP contribution in [0.2, 0.25) is 0 Å². The second-order valence-corrected chi connectivity index (χ2v) is 4.29. The number of H-pyrrole nitrogens is 1. The molecule has 0 aliphatic carbocycles. The van der Waals surface area contributed by atoms with E-state index in [-0.39, 0.29) is 12.1 Å². The molecule has 2 rings (SSSR count). The first kappa shape index (κ1) is 12.0. The van der Waals surface area contributed by atoms with Gasteiger partial charge >= 0.3 is 6.09 Å². The number of nitrogens with one attached hydrogen (secondary N) is 1. The van der Waals surface area contributed by atoms with Gasteiger partial charge in [-0.15, -0.1) is 0 Å². The van der Waals surface area contributed by atoms with E-state index in [2.05, 4.69) is 16.9 Å². The zero-order chi connectivity index (χ0) is 12.1. The van der Waals surface area contributed by atoms with Gasteiger partial charge in [-0.2, -0.15) is 0 Å². The van der Waals surface area contributed by atoms with Gasteiger partial charge in [-0.3, -0.25) is 4.90 Å². The highest BCUT2D eigenvalue weighted by Gasteiger charge is 2.32. The Morgan fingerprint density at radius 3 is 3.29 bits per heavy atom. The molecule has 1 unspecified atom stereocenters. The summed E-state index contributed by atoms with van der Waals surface area (Å²) >= 11 is 0. The number of rotatable bonds is 4. The lowest BCUT2D eigenvalue weighted by molar-refractivity contribution is 0.0957. The van der Waals surface area contributed by atoms with E-state index in [1.54, 1.807) is 17.3 Å². The maximum atomic E-state index is 11.9.